The van der Waals surface area contributed by atoms with Crippen LogP contribution in [-0.2, 0) is 10.0 Å². The summed E-state index contributed by atoms with van der Waals surface area (Å²) in [5.41, 5.74) is 3.86. The van der Waals surface area contributed by atoms with Gasteiger partial charge in [-0.15, -0.1) is 0 Å². The van der Waals surface area contributed by atoms with Crippen molar-refractivity contribution >= 4 is 32.8 Å². The molecule has 0 spiro atoms. The molecule has 0 atom stereocenters. The second-order valence-corrected chi connectivity index (χ2v) is 8.72. The van der Waals surface area contributed by atoms with Gasteiger partial charge in [-0.2, -0.15) is 9.41 Å². The largest absolute Gasteiger partial charge is 0.261 e. The van der Waals surface area contributed by atoms with Gasteiger partial charge in [-0.3, -0.25) is 5.43 Å². The number of hydrogen-bond donors (Lipinski definition) is 1. The lowest BCUT2D eigenvalue weighted by Gasteiger charge is -2.25. The summed E-state index contributed by atoms with van der Waals surface area (Å²) in [6.45, 7) is 1.16. The molecule has 1 N–H and O–H groups in total. The quantitative estimate of drug-likeness (QED) is 0.527. The number of benzene rings is 2. The predicted molar refractivity (Wildman–Crippen MR) is 112 cm³/mol. The second-order valence-electron chi connectivity index (χ2n) is 6.78. The van der Waals surface area contributed by atoms with E-state index in [-0.39, 0.29) is 4.90 Å². The topological polar surface area (TPSA) is 74.7 Å². The smallest absolute Gasteiger partial charge is 0.244 e. The van der Waals surface area contributed by atoms with E-state index in [2.05, 4.69) is 33.7 Å². The van der Waals surface area contributed by atoms with Crippen LogP contribution in [0.25, 0.3) is 10.8 Å². The molecular formula is C21H22N4O2S. The molecule has 1 saturated heterocycles. The summed E-state index contributed by atoms with van der Waals surface area (Å²) in [6.07, 6.45) is 6.04. The zero-order chi connectivity index (χ0) is 19.4. The van der Waals surface area contributed by atoms with Crippen LogP contribution in [0.1, 0.15) is 24.8 Å². The molecule has 4 rings (SSSR count). The highest BCUT2D eigenvalue weighted by Gasteiger charge is 2.26. The highest BCUT2D eigenvalue weighted by atomic mass is 32.2. The molecule has 0 unspecified atom stereocenters. The van der Waals surface area contributed by atoms with Gasteiger partial charge in [0.15, 0.2) is 0 Å². The van der Waals surface area contributed by atoms with Crippen molar-refractivity contribution in [3.63, 3.8) is 0 Å². The van der Waals surface area contributed by atoms with Gasteiger partial charge < -0.3 is 0 Å². The second kappa shape index (κ2) is 8.08. The number of anilines is 1. The summed E-state index contributed by atoms with van der Waals surface area (Å²) in [6, 6.07) is 17.4. The molecule has 3 aromatic rings. The molecule has 2 aromatic carbocycles. The highest BCUT2D eigenvalue weighted by Crippen LogP contribution is 2.21. The standard InChI is InChI=1S/C21H22N4O2S/c26-28(27,25-13-4-1-5-14-25)19-11-12-21(22-16-19)24-23-15-18-9-6-8-17-7-2-3-10-20(17)18/h2-3,6-12,15-16H,1,4-5,13-14H2,(H,22,24). The number of nitrogens with one attached hydrogen (secondary N) is 1. The van der Waals surface area contributed by atoms with E-state index in [0.717, 1.165) is 35.6 Å². The Kier molecular flexibility index (Phi) is 5.36. The van der Waals surface area contributed by atoms with Gasteiger partial charge in [-0.1, -0.05) is 48.9 Å². The van der Waals surface area contributed by atoms with Crippen LogP contribution in [0.15, 0.2) is 70.8 Å². The van der Waals surface area contributed by atoms with Crippen molar-refractivity contribution in [1.29, 1.82) is 0 Å². The molecule has 6 nitrogen and oxygen atoms in total. The number of nitrogens with zero attached hydrogens (tertiary/aromatic N) is 3. The zero-order valence-electron chi connectivity index (χ0n) is 15.5. The third-order valence-corrected chi connectivity index (χ3v) is 6.78. The molecule has 0 bridgehead atoms. The Morgan fingerprint density at radius 2 is 1.75 bits per heavy atom. The number of fused-ring (bicyclic) bond motifs is 1. The van der Waals surface area contributed by atoms with Crippen LogP contribution in [0.4, 0.5) is 5.82 Å². The van der Waals surface area contributed by atoms with Gasteiger partial charge in [0.1, 0.15) is 10.7 Å². The maximum absolute atomic E-state index is 12.7. The van der Waals surface area contributed by atoms with Crippen LogP contribution >= 0.6 is 0 Å². The minimum Gasteiger partial charge on any atom is -0.261 e. The molecular weight excluding hydrogens is 372 g/mol. The molecule has 0 radical (unpaired) electrons. The lowest BCUT2D eigenvalue weighted by Crippen LogP contribution is -2.35. The van der Waals surface area contributed by atoms with Crippen LogP contribution < -0.4 is 5.43 Å². The molecule has 28 heavy (non-hydrogen) atoms. The minimum absolute atomic E-state index is 0.220. The Morgan fingerprint density at radius 3 is 2.54 bits per heavy atom. The van der Waals surface area contributed by atoms with Crippen molar-refractivity contribution in [2.75, 3.05) is 18.5 Å². The summed E-state index contributed by atoms with van der Waals surface area (Å²) in [5.74, 6) is 0.495. The maximum atomic E-state index is 12.7. The number of hydrogen-bond acceptors (Lipinski definition) is 5. The van der Waals surface area contributed by atoms with Crippen molar-refractivity contribution in [1.82, 2.24) is 9.29 Å². The number of aromatic nitrogens is 1. The van der Waals surface area contributed by atoms with Crippen LogP contribution in [-0.4, -0.2) is 37.0 Å². The monoisotopic (exact) mass is 394 g/mol. The fourth-order valence-electron chi connectivity index (χ4n) is 3.38. The SMILES string of the molecule is O=S(=O)(c1ccc(NN=Cc2cccc3ccccc23)nc1)N1CCCCC1. The molecule has 144 valence electrons. The van der Waals surface area contributed by atoms with Crippen LogP contribution in [0.3, 0.4) is 0 Å². The molecule has 1 aliphatic rings. The maximum Gasteiger partial charge on any atom is 0.244 e. The third-order valence-electron chi connectivity index (χ3n) is 4.90. The first-order valence-electron chi connectivity index (χ1n) is 9.38. The van der Waals surface area contributed by atoms with E-state index in [4.69, 9.17) is 0 Å². The molecule has 0 aliphatic carbocycles. The molecule has 0 amide bonds. The van der Waals surface area contributed by atoms with Crippen molar-refractivity contribution in [3.05, 3.63) is 66.4 Å². The van der Waals surface area contributed by atoms with Gasteiger partial charge in [0.2, 0.25) is 10.0 Å². The lowest BCUT2D eigenvalue weighted by atomic mass is 10.1. The summed E-state index contributed by atoms with van der Waals surface area (Å²) in [5, 5.41) is 6.51. The number of sulfonamides is 1. The molecule has 1 aromatic heterocycles. The zero-order valence-corrected chi connectivity index (χ0v) is 16.3. The minimum atomic E-state index is -3.46. The first-order chi connectivity index (χ1) is 13.6. The molecule has 7 heteroatoms. The summed E-state index contributed by atoms with van der Waals surface area (Å²) < 4.78 is 26.9. The van der Waals surface area contributed by atoms with E-state index >= 15 is 0 Å². The Morgan fingerprint density at radius 1 is 0.964 bits per heavy atom. The molecule has 0 saturated carbocycles. The van der Waals surface area contributed by atoms with E-state index in [0.29, 0.717) is 18.9 Å². The Hall–Kier alpha value is -2.77. The van der Waals surface area contributed by atoms with Gasteiger partial charge in [0.25, 0.3) is 0 Å². The van der Waals surface area contributed by atoms with E-state index in [1.54, 1.807) is 22.7 Å². The van der Waals surface area contributed by atoms with Crippen molar-refractivity contribution in [2.45, 2.75) is 24.2 Å². The van der Waals surface area contributed by atoms with E-state index < -0.39 is 10.0 Å². The predicted octanol–water partition coefficient (Wildman–Crippen LogP) is 3.86. The van der Waals surface area contributed by atoms with Crippen LogP contribution in [0.5, 0.6) is 0 Å². The van der Waals surface area contributed by atoms with Gasteiger partial charge >= 0.3 is 0 Å². The summed E-state index contributed by atoms with van der Waals surface area (Å²) >= 11 is 0. The Labute approximate surface area is 165 Å². The number of piperidine rings is 1. The van der Waals surface area contributed by atoms with Crippen LogP contribution in [0.2, 0.25) is 0 Å². The van der Waals surface area contributed by atoms with Crippen molar-refractivity contribution < 1.29 is 8.42 Å². The number of pyridine rings is 1. The molecule has 1 aliphatic heterocycles. The molecule has 1 fully saturated rings. The first kappa shape index (κ1) is 18.6. The van der Waals surface area contributed by atoms with Crippen molar-refractivity contribution in [3.8, 4) is 0 Å². The average molecular weight is 395 g/mol. The van der Waals surface area contributed by atoms with Gasteiger partial charge in [0, 0.05) is 24.8 Å². The fourth-order valence-corrected chi connectivity index (χ4v) is 4.85. The van der Waals surface area contributed by atoms with Crippen molar-refractivity contribution in [2.24, 2.45) is 5.10 Å². The highest BCUT2D eigenvalue weighted by molar-refractivity contribution is 7.89. The number of hydrazone groups is 1. The molecule has 2 heterocycles. The summed E-state index contributed by atoms with van der Waals surface area (Å²) in [7, 11) is -3.46. The fraction of sp³-hybridized carbons (Fsp3) is 0.238. The van der Waals surface area contributed by atoms with Gasteiger partial charge in [0.05, 0.1) is 6.21 Å². The van der Waals surface area contributed by atoms with Gasteiger partial charge in [-0.25, -0.2) is 13.4 Å². The first-order valence-corrected chi connectivity index (χ1v) is 10.8. The van der Waals surface area contributed by atoms with E-state index in [1.165, 1.54) is 6.20 Å². The Bertz CT molecular complexity index is 1080. The normalized spacial score (nSPS) is 15.9. The third kappa shape index (κ3) is 3.90. The van der Waals surface area contributed by atoms with Crippen LogP contribution in [0, 0.1) is 0 Å². The lowest BCUT2D eigenvalue weighted by molar-refractivity contribution is 0.346. The van der Waals surface area contributed by atoms with E-state index in [9.17, 15) is 8.42 Å². The summed E-state index contributed by atoms with van der Waals surface area (Å²) in [4.78, 5) is 4.42. The number of rotatable bonds is 5. The van der Waals surface area contributed by atoms with Gasteiger partial charge in [-0.05, 0) is 35.7 Å². The Balaban J connectivity index is 1.47. The van der Waals surface area contributed by atoms with E-state index in [1.807, 2.05) is 24.3 Å². The average Bonchev–Trinajstić information content (AvgIpc) is 2.75.